The Kier molecular flexibility index (Phi) is 3.89. The van der Waals surface area contributed by atoms with Crippen LogP contribution in [-0.2, 0) is 5.41 Å². The summed E-state index contributed by atoms with van der Waals surface area (Å²) in [7, 11) is 0. The Hall–Kier alpha value is -1.21. The SMILES string of the molecule is CC(C)c1ccc2c(c1)C(C)(C)c1cc(C(C)C)ccc1S2. The molecule has 0 nitrogen and oxygen atoms in total. The molecule has 22 heavy (non-hydrogen) atoms. The zero-order chi connectivity index (χ0) is 16.1. The highest BCUT2D eigenvalue weighted by Gasteiger charge is 2.33. The van der Waals surface area contributed by atoms with Crippen molar-refractivity contribution in [1.82, 2.24) is 0 Å². The topological polar surface area (TPSA) is 0 Å². The van der Waals surface area contributed by atoms with E-state index in [2.05, 4.69) is 77.9 Å². The molecule has 0 saturated carbocycles. The summed E-state index contributed by atoms with van der Waals surface area (Å²) in [4.78, 5) is 2.83. The standard InChI is InChI=1S/C21H26S/c1-13(2)15-7-9-19-17(11-15)21(5,6)18-12-16(14(3)4)8-10-20(18)22-19/h7-14H,1-6H3. The third-order valence-corrected chi connectivity index (χ3v) is 6.06. The molecule has 0 amide bonds. The van der Waals surface area contributed by atoms with Crippen LogP contribution in [0.4, 0.5) is 0 Å². The van der Waals surface area contributed by atoms with Crippen LogP contribution in [0.25, 0.3) is 0 Å². The lowest BCUT2D eigenvalue weighted by Crippen LogP contribution is -2.24. The fourth-order valence-corrected chi connectivity index (χ4v) is 4.59. The van der Waals surface area contributed by atoms with Crippen LogP contribution in [0.15, 0.2) is 46.2 Å². The minimum Gasteiger partial charge on any atom is -0.0895 e. The first kappa shape index (κ1) is 15.7. The molecule has 0 N–H and O–H groups in total. The number of benzene rings is 2. The summed E-state index contributed by atoms with van der Waals surface area (Å²) < 4.78 is 0. The molecule has 0 spiro atoms. The van der Waals surface area contributed by atoms with Crippen LogP contribution < -0.4 is 0 Å². The molecule has 0 fully saturated rings. The van der Waals surface area contributed by atoms with E-state index in [1.807, 2.05) is 11.8 Å². The Morgan fingerprint density at radius 1 is 0.727 bits per heavy atom. The van der Waals surface area contributed by atoms with Crippen LogP contribution in [0.3, 0.4) is 0 Å². The average Bonchev–Trinajstić information content (AvgIpc) is 2.46. The van der Waals surface area contributed by atoms with Crippen molar-refractivity contribution in [3.8, 4) is 0 Å². The van der Waals surface area contributed by atoms with Gasteiger partial charge in [-0.15, -0.1) is 0 Å². The van der Waals surface area contributed by atoms with Crippen LogP contribution in [0.5, 0.6) is 0 Å². The summed E-state index contributed by atoms with van der Waals surface area (Å²) in [5.74, 6) is 1.16. The quantitative estimate of drug-likeness (QED) is 0.593. The fraction of sp³-hybridized carbons (Fsp3) is 0.429. The summed E-state index contributed by atoms with van der Waals surface area (Å²) in [5, 5.41) is 0. The van der Waals surface area contributed by atoms with E-state index in [1.54, 1.807) is 0 Å². The first-order chi connectivity index (χ1) is 10.3. The second kappa shape index (κ2) is 5.45. The molecule has 116 valence electrons. The van der Waals surface area contributed by atoms with Crippen LogP contribution in [-0.4, -0.2) is 0 Å². The van der Waals surface area contributed by atoms with E-state index in [0.717, 1.165) is 0 Å². The van der Waals surface area contributed by atoms with Crippen LogP contribution in [0.2, 0.25) is 0 Å². The Morgan fingerprint density at radius 2 is 1.14 bits per heavy atom. The Morgan fingerprint density at radius 3 is 1.50 bits per heavy atom. The molecular weight excluding hydrogens is 284 g/mol. The second-order valence-electron chi connectivity index (χ2n) is 7.55. The van der Waals surface area contributed by atoms with E-state index in [0.29, 0.717) is 11.8 Å². The number of hydrogen-bond donors (Lipinski definition) is 0. The Labute approximate surface area is 139 Å². The minimum atomic E-state index is 0.0751. The predicted octanol–water partition coefficient (Wildman–Crippen LogP) is 6.72. The van der Waals surface area contributed by atoms with Gasteiger partial charge in [0.15, 0.2) is 0 Å². The summed E-state index contributed by atoms with van der Waals surface area (Å²) in [5.41, 5.74) is 5.92. The van der Waals surface area contributed by atoms with E-state index >= 15 is 0 Å². The van der Waals surface area contributed by atoms with Gasteiger partial charge in [0.1, 0.15) is 0 Å². The van der Waals surface area contributed by atoms with Crippen molar-refractivity contribution in [1.29, 1.82) is 0 Å². The molecule has 1 aliphatic rings. The normalized spacial score (nSPS) is 15.8. The number of rotatable bonds is 2. The smallest absolute Gasteiger partial charge is 0.0169 e. The molecule has 1 heterocycles. The molecule has 0 aromatic heterocycles. The highest BCUT2D eigenvalue weighted by Crippen LogP contribution is 2.50. The first-order valence-electron chi connectivity index (χ1n) is 8.27. The monoisotopic (exact) mass is 310 g/mol. The molecule has 2 aromatic carbocycles. The second-order valence-corrected chi connectivity index (χ2v) is 8.63. The van der Waals surface area contributed by atoms with Gasteiger partial charge in [-0.2, -0.15) is 0 Å². The van der Waals surface area contributed by atoms with Gasteiger partial charge in [0.2, 0.25) is 0 Å². The van der Waals surface area contributed by atoms with Crippen molar-refractivity contribution in [2.24, 2.45) is 0 Å². The van der Waals surface area contributed by atoms with Crippen LogP contribution in [0.1, 0.15) is 75.6 Å². The van der Waals surface area contributed by atoms with Gasteiger partial charge in [0.05, 0.1) is 0 Å². The van der Waals surface area contributed by atoms with Gasteiger partial charge in [0, 0.05) is 15.2 Å². The van der Waals surface area contributed by atoms with Crippen LogP contribution >= 0.6 is 11.8 Å². The van der Waals surface area contributed by atoms with Gasteiger partial charge in [0.25, 0.3) is 0 Å². The molecule has 0 saturated heterocycles. The minimum absolute atomic E-state index is 0.0751. The average molecular weight is 311 g/mol. The van der Waals surface area contributed by atoms with Gasteiger partial charge >= 0.3 is 0 Å². The molecule has 0 radical (unpaired) electrons. The Balaban J connectivity index is 2.16. The molecule has 0 aliphatic carbocycles. The summed E-state index contributed by atoms with van der Waals surface area (Å²) in [6.07, 6.45) is 0. The highest BCUT2D eigenvalue weighted by atomic mass is 32.2. The van der Waals surface area contributed by atoms with E-state index in [9.17, 15) is 0 Å². The lowest BCUT2D eigenvalue weighted by molar-refractivity contribution is 0.602. The zero-order valence-electron chi connectivity index (χ0n) is 14.5. The third kappa shape index (κ3) is 2.50. The van der Waals surface area contributed by atoms with E-state index in [1.165, 1.54) is 32.0 Å². The lowest BCUT2D eigenvalue weighted by atomic mass is 9.76. The first-order valence-corrected chi connectivity index (χ1v) is 9.09. The summed E-state index contributed by atoms with van der Waals surface area (Å²) in [6, 6.07) is 14.1. The van der Waals surface area contributed by atoms with Gasteiger partial charge in [-0.25, -0.2) is 0 Å². The molecule has 1 heteroatoms. The Bertz CT molecular complexity index is 648. The van der Waals surface area contributed by atoms with Gasteiger partial charge in [-0.3, -0.25) is 0 Å². The predicted molar refractivity (Wildman–Crippen MR) is 97.3 cm³/mol. The number of fused-ring (bicyclic) bond motifs is 2. The van der Waals surface area contributed by atoms with E-state index in [-0.39, 0.29) is 5.41 Å². The van der Waals surface area contributed by atoms with Crippen molar-refractivity contribution in [3.05, 3.63) is 58.7 Å². The largest absolute Gasteiger partial charge is 0.0895 e. The van der Waals surface area contributed by atoms with Crippen LogP contribution in [0, 0.1) is 0 Å². The highest BCUT2D eigenvalue weighted by molar-refractivity contribution is 7.99. The van der Waals surface area contributed by atoms with Gasteiger partial charge in [-0.05, 0) is 46.2 Å². The van der Waals surface area contributed by atoms with Crippen molar-refractivity contribution >= 4 is 11.8 Å². The molecule has 1 aliphatic heterocycles. The van der Waals surface area contributed by atoms with Gasteiger partial charge in [-0.1, -0.05) is 77.6 Å². The van der Waals surface area contributed by atoms with Crippen molar-refractivity contribution in [3.63, 3.8) is 0 Å². The third-order valence-electron chi connectivity index (χ3n) is 4.91. The van der Waals surface area contributed by atoms with Crippen molar-refractivity contribution < 1.29 is 0 Å². The number of hydrogen-bond acceptors (Lipinski definition) is 1. The molecule has 0 unspecified atom stereocenters. The molecular formula is C21H26S. The summed E-state index contributed by atoms with van der Waals surface area (Å²) >= 11 is 1.93. The maximum Gasteiger partial charge on any atom is 0.0169 e. The molecule has 0 bridgehead atoms. The molecule has 0 atom stereocenters. The molecule has 3 rings (SSSR count). The zero-order valence-corrected chi connectivity index (χ0v) is 15.3. The lowest BCUT2D eigenvalue weighted by Gasteiger charge is -2.35. The summed E-state index contributed by atoms with van der Waals surface area (Å²) in [6.45, 7) is 13.8. The van der Waals surface area contributed by atoms with E-state index in [4.69, 9.17) is 0 Å². The van der Waals surface area contributed by atoms with Crippen molar-refractivity contribution in [2.75, 3.05) is 0 Å². The maximum atomic E-state index is 2.43. The molecule has 2 aromatic rings. The maximum absolute atomic E-state index is 2.43. The van der Waals surface area contributed by atoms with Crippen molar-refractivity contribution in [2.45, 2.75) is 68.6 Å². The fourth-order valence-electron chi connectivity index (χ4n) is 3.23. The van der Waals surface area contributed by atoms with E-state index < -0.39 is 0 Å². The van der Waals surface area contributed by atoms with Gasteiger partial charge < -0.3 is 0 Å².